The summed E-state index contributed by atoms with van der Waals surface area (Å²) < 4.78 is 5.57. The third-order valence-electron chi connectivity index (χ3n) is 3.41. The topological polar surface area (TPSA) is 42.2 Å². The van der Waals surface area contributed by atoms with Gasteiger partial charge in [-0.2, -0.15) is 0 Å². The predicted octanol–water partition coefficient (Wildman–Crippen LogP) is 3.27. The van der Waals surface area contributed by atoms with E-state index in [-0.39, 0.29) is 5.78 Å². The van der Waals surface area contributed by atoms with Crippen molar-refractivity contribution in [3.05, 3.63) is 35.0 Å². The minimum atomic E-state index is 0.0657. The number of ketones is 1. The molecule has 3 rings (SSSR count). The van der Waals surface area contributed by atoms with Gasteiger partial charge in [0.1, 0.15) is 0 Å². The van der Waals surface area contributed by atoms with E-state index in [1.165, 1.54) is 0 Å². The summed E-state index contributed by atoms with van der Waals surface area (Å²) in [5.74, 6) is 0.919. The molecule has 0 radical (unpaired) electrons. The number of fused-ring (bicyclic) bond motifs is 1. The molecule has 1 aliphatic rings. The lowest BCUT2D eigenvalue weighted by Crippen LogP contribution is -2.12. The van der Waals surface area contributed by atoms with Crippen molar-refractivity contribution in [3.8, 4) is 0 Å². The third-order valence-corrected chi connectivity index (χ3v) is 3.70. The quantitative estimate of drug-likeness (QED) is 0.865. The number of hydrogen-bond acceptors (Lipinski definition) is 3. The van der Waals surface area contributed by atoms with Gasteiger partial charge in [0.25, 0.3) is 0 Å². The molecule has 2 aromatic rings. The Morgan fingerprint density at radius 3 is 3.11 bits per heavy atom. The molecule has 2 heterocycles. The zero-order valence-electron chi connectivity index (χ0n) is 9.91. The summed E-state index contributed by atoms with van der Waals surface area (Å²) in [6.45, 7) is 1.93. The van der Waals surface area contributed by atoms with Gasteiger partial charge in [0.05, 0.1) is 5.02 Å². The highest BCUT2D eigenvalue weighted by molar-refractivity contribution is 6.34. The highest BCUT2D eigenvalue weighted by Gasteiger charge is 2.21. The second-order valence-corrected chi connectivity index (χ2v) is 5.16. The number of furan rings is 1. The molecule has 94 valence electrons. The zero-order valence-corrected chi connectivity index (χ0v) is 10.7. The maximum absolute atomic E-state index is 12.1. The van der Waals surface area contributed by atoms with Crippen molar-refractivity contribution in [2.45, 2.75) is 12.8 Å². The zero-order chi connectivity index (χ0) is 12.5. The lowest BCUT2D eigenvalue weighted by Gasteiger charge is -2.04. The molecule has 4 heteroatoms. The summed E-state index contributed by atoms with van der Waals surface area (Å²) in [7, 11) is 0. The molecule has 1 saturated heterocycles. The third kappa shape index (κ3) is 2.16. The van der Waals surface area contributed by atoms with Gasteiger partial charge in [0.2, 0.25) is 0 Å². The molecule has 1 unspecified atom stereocenters. The van der Waals surface area contributed by atoms with Crippen LogP contribution >= 0.6 is 11.6 Å². The molecule has 1 aromatic heterocycles. The van der Waals surface area contributed by atoms with Crippen LogP contribution in [0.5, 0.6) is 0 Å². The van der Waals surface area contributed by atoms with Crippen LogP contribution < -0.4 is 5.32 Å². The largest absolute Gasteiger partial charge is 0.451 e. The average molecular weight is 264 g/mol. The van der Waals surface area contributed by atoms with Crippen molar-refractivity contribution in [3.63, 3.8) is 0 Å². The van der Waals surface area contributed by atoms with E-state index in [0.29, 0.717) is 28.7 Å². The van der Waals surface area contributed by atoms with Crippen molar-refractivity contribution in [2.75, 3.05) is 13.1 Å². The van der Waals surface area contributed by atoms with Gasteiger partial charge in [-0.3, -0.25) is 4.79 Å². The van der Waals surface area contributed by atoms with E-state index in [4.69, 9.17) is 16.0 Å². The number of Topliss-reactive ketones (excluding diaryl/α,β-unsaturated/α-hetero) is 1. The van der Waals surface area contributed by atoms with Gasteiger partial charge in [0.15, 0.2) is 17.1 Å². The van der Waals surface area contributed by atoms with Crippen molar-refractivity contribution in [1.29, 1.82) is 0 Å². The molecule has 18 heavy (non-hydrogen) atoms. The number of carbonyl (C=O) groups excluding carboxylic acids is 1. The maximum atomic E-state index is 12.1. The van der Waals surface area contributed by atoms with Crippen molar-refractivity contribution in [2.24, 2.45) is 5.92 Å². The van der Waals surface area contributed by atoms with Crippen LogP contribution in [0.2, 0.25) is 5.02 Å². The minimum Gasteiger partial charge on any atom is -0.451 e. The monoisotopic (exact) mass is 263 g/mol. The Labute approximate surface area is 110 Å². The van der Waals surface area contributed by atoms with Crippen LogP contribution in [0.4, 0.5) is 0 Å². The highest BCUT2D eigenvalue weighted by Crippen LogP contribution is 2.28. The van der Waals surface area contributed by atoms with E-state index in [9.17, 15) is 4.79 Å². The first-order valence-corrected chi connectivity index (χ1v) is 6.54. The summed E-state index contributed by atoms with van der Waals surface area (Å²) >= 11 is 6.03. The van der Waals surface area contributed by atoms with Crippen molar-refractivity contribution < 1.29 is 9.21 Å². The standard InChI is InChI=1S/C14H14ClNO2/c15-11-3-1-2-10-7-13(18-14(10)11)12(17)6-9-4-5-16-8-9/h1-3,7,9,16H,4-6,8H2. The summed E-state index contributed by atoms with van der Waals surface area (Å²) in [5, 5.41) is 4.70. The van der Waals surface area contributed by atoms with Crippen molar-refractivity contribution in [1.82, 2.24) is 5.32 Å². The maximum Gasteiger partial charge on any atom is 0.198 e. The van der Waals surface area contributed by atoms with E-state index < -0.39 is 0 Å². The Hall–Kier alpha value is -1.32. The molecule has 1 atom stereocenters. The fraction of sp³-hybridized carbons (Fsp3) is 0.357. The molecule has 1 fully saturated rings. The van der Waals surface area contributed by atoms with Gasteiger partial charge in [-0.15, -0.1) is 0 Å². The lowest BCUT2D eigenvalue weighted by atomic mass is 10.0. The Kier molecular flexibility index (Phi) is 3.10. The second kappa shape index (κ2) is 4.75. The fourth-order valence-electron chi connectivity index (χ4n) is 2.42. The molecular weight excluding hydrogens is 250 g/mol. The number of hydrogen-bond donors (Lipinski definition) is 1. The Balaban J connectivity index is 1.85. The summed E-state index contributed by atoms with van der Waals surface area (Å²) in [6.07, 6.45) is 1.61. The van der Waals surface area contributed by atoms with Crippen LogP contribution in [0.1, 0.15) is 23.4 Å². The van der Waals surface area contributed by atoms with Crippen LogP contribution in [-0.4, -0.2) is 18.9 Å². The number of halogens is 1. The van der Waals surface area contributed by atoms with Crippen LogP contribution in [-0.2, 0) is 0 Å². The number of para-hydroxylation sites is 1. The first-order chi connectivity index (χ1) is 8.74. The van der Waals surface area contributed by atoms with Gasteiger partial charge in [0, 0.05) is 11.8 Å². The Morgan fingerprint density at radius 1 is 1.50 bits per heavy atom. The molecule has 3 nitrogen and oxygen atoms in total. The van der Waals surface area contributed by atoms with E-state index in [0.717, 1.165) is 24.9 Å². The Morgan fingerprint density at radius 2 is 2.39 bits per heavy atom. The van der Waals surface area contributed by atoms with Crippen LogP contribution in [0.15, 0.2) is 28.7 Å². The molecule has 0 spiro atoms. The van der Waals surface area contributed by atoms with Crippen LogP contribution in [0.25, 0.3) is 11.0 Å². The first kappa shape index (κ1) is 11.8. The van der Waals surface area contributed by atoms with E-state index in [1.54, 1.807) is 12.1 Å². The molecule has 1 N–H and O–H groups in total. The minimum absolute atomic E-state index is 0.0657. The van der Waals surface area contributed by atoms with E-state index in [2.05, 4.69) is 5.32 Å². The molecule has 0 saturated carbocycles. The smallest absolute Gasteiger partial charge is 0.198 e. The van der Waals surface area contributed by atoms with Gasteiger partial charge in [-0.25, -0.2) is 0 Å². The molecule has 1 aliphatic heterocycles. The number of nitrogens with one attached hydrogen (secondary N) is 1. The summed E-state index contributed by atoms with van der Waals surface area (Å²) in [5.41, 5.74) is 0.604. The Bertz CT molecular complexity index is 584. The fourth-order valence-corrected chi connectivity index (χ4v) is 2.64. The van der Waals surface area contributed by atoms with E-state index in [1.807, 2.05) is 12.1 Å². The van der Waals surface area contributed by atoms with Gasteiger partial charge < -0.3 is 9.73 Å². The predicted molar refractivity (Wildman–Crippen MR) is 71.1 cm³/mol. The number of benzene rings is 1. The first-order valence-electron chi connectivity index (χ1n) is 6.16. The van der Waals surface area contributed by atoms with E-state index >= 15 is 0 Å². The molecule has 1 aromatic carbocycles. The average Bonchev–Trinajstić information content (AvgIpc) is 2.97. The van der Waals surface area contributed by atoms with Gasteiger partial charge in [-0.05, 0) is 37.6 Å². The van der Waals surface area contributed by atoms with Crippen molar-refractivity contribution >= 4 is 28.4 Å². The molecule has 0 aliphatic carbocycles. The molecular formula is C14H14ClNO2. The molecule has 0 bridgehead atoms. The summed E-state index contributed by atoms with van der Waals surface area (Å²) in [4.78, 5) is 12.1. The van der Waals surface area contributed by atoms with Crippen LogP contribution in [0, 0.1) is 5.92 Å². The summed E-state index contributed by atoms with van der Waals surface area (Å²) in [6, 6.07) is 7.31. The van der Waals surface area contributed by atoms with Gasteiger partial charge in [-0.1, -0.05) is 23.7 Å². The van der Waals surface area contributed by atoms with Crippen LogP contribution in [0.3, 0.4) is 0 Å². The normalized spacial score (nSPS) is 19.5. The highest BCUT2D eigenvalue weighted by atomic mass is 35.5. The molecule has 0 amide bonds. The van der Waals surface area contributed by atoms with Gasteiger partial charge >= 0.3 is 0 Å². The number of rotatable bonds is 3. The SMILES string of the molecule is O=C(CC1CCNC1)c1cc2cccc(Cl)c2o1. The number of carbonyl (C=O) groups is 1. The second-order valence-electron chi connectivity index (χ2n) is 4.75. The lowest BCUT2D eigenvalue weighted by molar-refractivity contribution is 0.0939.